The lowest BCUT2D eigenvalue weighted by molar-refractivity contribution is -0.144. The maximum absolute atomic E-state index is 12.5. The molecule has 3 nitrogen and oxygen atoms in total. The lowest BCUT2D eigenvalue weighted by Gasteiger charge is -2.21. The Morgan fingerprint density at radius 1 is 1.29 bits per heavy atom. The van der Waals surface area contributed by atoms with Gasteiger partial charge in [0.2, 0.25) is 0 Å². The van der Waals surface area contributed by atoms with Gasteiger partial charge in [0.25, 0.3) is 0 Å². The molecule has 0 bridgehead atoms. The highest BCUT2D eigenvalue weighted by molar-refractivity contribution is 6.08. The predicted molar refractivity (Wildman–Crippen MR) is 73.3 cm³/mol. The van der Waals surface area contributed by atoms with E-state index in [0.29, 0.717) is 23.0 Å². The van der Waals surface area contributed by atoms with E-state index in [2.05, 4.69) is 0 Å². The Bertz CT molecular complexity index is 619. The van der Waals surface area contributed by atoms with E-state index in [9.17, 15) is 18.0 Å². The number of ketones is 1. The smallest absolute Gasteiger partial charge is 0.401 e. The fourth-order valence-corrected chi connectivity index (χ4v) is 2.27. The number of carbonyl (C=O) groups is 1. The Balaban J connectivity index is 2.15. The lowest BCUT2D eigenvalue weighted by Crippen LogP contribution is -2.38. The minimum atomic E-state index is -4.31. The highest BCUT2D eigenvalue weighted by atomic mass is 19.4. The molecule has 6 heteroatoms. The van der Waals surface area contributed by atoms with Gasteiger partial charge in [0, 0.05) is 5.39 Å². The summed E-state index contributed by atoms with van der Waals surface area (Å²) in [6.45, 7) is 0.654. The van der Waals surface area contributed by atoms with Gasteiger partial charge in [-0.25, -0.2) is 0 Å². The Kier molecular flexibility index (Phi) is 4.67. The number of nitrogens with zero attached hydrogens (tertiary/aromatic N) is 1. The van der Waals surface area contributed by atoms with Crippen molar-refractivity contribution in [3.8, 4) is 0 Å². The summed E-state index contributed by atoms with van der Waals surface area (Å²) < 4.78 is 42.8. The van der Waals surface area contributed by atoms with Crippen LogP contribution in [0.3, 0.4) is 0 Å². The average molecular weight is 299 g/mol. The molecule has 2 rings (SSSR count). The third kappa shape index (κ3) is 4.07. The van der Waals surface area contributed by atoms with Crippen LogP contribution in [0.2, 0.25) is 0 Å². The normalized spacial score (nSPS) is 12.2. The van der Waals surface area contributed by atoms with Crippen LogP contribution in [0.4, 0.5) is 13.2 Å². The van der Waals surface area contributed by atoms with E-state index < -0.39 is 12.7 Å². The van der Waals surface area contributed by atoms with Crippen molar-refractivity contribution >= 4 is 16.8 Å². The standard InChI is InChI=1S/C15H16F3NO2/c1-2-7-19(10-15(16,17)18)8-13(20)12-9-21-14-6-4-3-5-11(12)14/h3-6,9H,2,7-8,10H2,1H3. The maximum atomic E-state index is 12.5. The molecular weight excluding hydrogens is 283 g/mol. The molecule has 0 aliphatic rings. The van der Waals surface area contributed by atoms with Gasteiger partial charge < -0.3 is 4.42 Å². The van der Waals surface area contributed by atoms with Gasteiger partial charge >= 0.3 is 6.18 Å². The number of carbonyl (C=O) groups excluding carboxylic acids is 1. The Morgan fingerprint density at radius 2 is 2.00 bits per heavy atom. The summed E-state index contributed by atoms with van der Waals surface area (Å²) in [6, 6.07) is 6.97. The molecule has 114 valence electrons. The molecule has 21 heavy (non-hydrogen) atoms. The first-order valence-corrected chi connectivity index (χ1v) is 6.69. The number of Topliss-reactive ketones (excluding diaryl/α,β-unsaturated/α-hetero) is 1. The van der Waals surface area contributed by atoms with Crippen molar-refractivity contribution in [1.82, 2.24) is 4.90 Å². The van der Waals surface area contributed by atoms with Gasteiger partial charge in [0.15, 0.2) is 5.78 Å². The lowest BCUT2D eigenvalue weighted by atomic mass is 10.1. The molecule has 0 spiro atoms. The quantitative estimate of drug-likeness (QED) is 0.759. The number of para-hydroxylation sites is 1. The van der Waals surface area contributed by atoms with Crippen LogP contribution >= 0.6 is 0 Å². The summed E-state index contributed by atoms with van der Waals surface area (Å²) in [5.41, 5.74) is 0.882. The van der Waals surface area contributed by atoms with Crippen LogP contribution in [-0.2, 0) is 0 Å². The molecule has 0 saturated carbocycles. The van der Waals surface area contributed by atoms with E-state index in [1.54, 1.807) is 31.2 Å². The summed E-state index contributed by atoms with van der Waals surface area (Å²) in [6.07, 6.45) is -2.45. The Morgan fingerprint density at radius 3 is 2.67 bits per heavy atom. The van der Waals surface area contributed by atoms with Crippen LogP contribution < -0.4 is 0 Å². The highest BCUT2D eigenvalue weighted by Crippen LogP contribution is 2.22. The molecule has 1 aromatic heterocycles. The van der Waals surface area contributed by atoms with Crippen molar-refractivity contribution in [3.63, 3.8) is 0 Å². The molecular formula is C15H16F3NO2. The summed E-state index contributed by atoms with van der Waals surface area (Å²) in [5, 5.41) is 0.631. The number of halogens is 3. The van der Waals surface area contributed by atoms with Gasteiger partial charge in [-0.2, -0.15) is 13.2 Å². The van der Waals surface area contributed by atoms with Crippen molar-refractivity contribution in [1.29, 1.82) is 0 Å². The number of hydrogen-bond acceptors (Lipinski definition) is 3. The molecule has 0 amide bonds. The molecule has 0 aliphatic carbocycles. The number of hydrogen-bond donors (Lipinski definition) is 0. The monoisotopic (exact) mass is 299 g/mol. The Hall–Kier alpha value is -1.82. The fraction of sp³-hybridized carbons (Fsp3) is 0.400. The first-order chi connectivity index (χ1) is 9.90. The maximum Gasteiger partial charge on any atom is 0.401 e. The number of furan rings is 1. The largest absolute Gasteiger partial charge is 0.464 e. The number of benzene rings is 1. The molecule has 1 aromatic carbocycles. The minimum Gasteiger partial charge on any atom is -0.464 e. The molecule has 0 N–H and O–H groups in total. The molecule has 0 saturated heterocycles. The van der Waals surface area contributed by atoms with E-state index in [1.807, 2.05) is 0 Å². The SMILES string of the molecule is CCCN(CC(=O)c1coc2ccccc12)CC(F)(F)F. The van der Waals surface area contributed by atoms with Gasteiger partial charge in [0.05, 0.1) is 18.7 Å². The van der Waals surface area contributed by atoms with Gasteiger partial charge in [-0.1, -0.05) is 25.1 Å². The second-order valence-electron chi connectivity index (χ2n) is 4.89. The van der Waals surface area contributed by atoms with Crippen LogP contribution in [0.1, 0.15) is 23.7 Å². The highest BCUT2D eigenvalue weighted by Gasteiger charge is 2.31. The van der Waals surface area contributed by atoms with Crippen LogP contribution in [0.5, 0.6) is 0 Å². The van der Waals surface area contributed by atoms with Crippen molar-refractivity contribution < 1.29 is 22.4 Å². The molecule has 0 atom stereocenters. The van der Waals surface area contributed by atoms with Crippen molar-refractivity contribution in [2.45, 2.75) is 19.5 Å². The zero-order valence-electron chi connectivity index (χ0n) is 11.6. The molecule has 0 aliphatic heterocycles. The molecule has 0 fully saturated rings. The number of alkyl halides is 3. The van der Waals surface area contributed by atoms with Crippen LogP contribution in [0.15, 0.2) is 34.9 Å². The summed E-state index contributed by atoms with van der Waals surface area (Å²) in [7, 11) is 0. The molecule has 1 heterocycles. The topological polar surface area (TPSA) is 33.5 Å². The summed E-state index contributed by atoms with van der Waals surface area (Å²) in [4.78, 5) is 13.3. The zero-order chi connectivity index (χ0) is 15.5. The molecule has 0 unspecified atom stereocenters. The first-order valence-electron chi connectivity index (χ1n) is 6.69. The predicted octanol–water partition coefficient (Wildman–Crippen LogP) is 3.89. The van der Waals surface area contributed by atoms with Gasteiger partial charge in [0.1, 0.15) is 11.8 Å². The van der Waals surface area contributed by atoms with Gasteiger partial charge in [-0.05, 0) is 19.0 Å². The van der Waals surface area contributed by atoms with Crippen LogP contribution in [-0.4, -0.2) is 36.5 Å². The molecule has 2 aromatic rings. The van der Waals surface area contributed by atoms with Crippen molar-refractivity contribution in [2.24, 2.45) is 0 Å². The zero-order valence-corrected chi connectivity index (χ0v) is 11.6. The second-order valence-corrected chi connectivity index (χ2v) is 4.89. The third-order valence-corrected chi connectivity index (χ3v) is 3.09. The second kappa shape index (κ2) is 6.30. The van der Waals surface area contributed by atoms with E-state index in [0.717, 1.165) is 4.90 Å². The first kappa shape index (κ1) is 15.6. The number of rotatable bonds is 6. The fourth-order valence-electron chi connectivity index (χ4n) is 2.27. The minimum absolute atomic E-state index is 0.223. The third-order valence-electron chi connectivity index (χ3n) is 3.09. The van der Waals surface area contributed by atoms with Gasteiger partial charge in [-0.15, -0.1) is 0 Å². The summed E-state index contributed by atoms with van der Waals surface area (Å²) in [5.74, 6) is -0.363. The van der Waals surface area contributed by atoms with Crippen LogP contribution in [0.25, 0.3) is 11.0 Å². The van der Waals surface area contributed by atoms with E-state index in [1.165, 1.54) is 6.26 Å². The van der Waals surface area contributed by atoms with Crippen molar-refractivity contribution in [3.05, 3.63) is 36.1 Å². The Labute approximate surface area is 120 Å². The molecule has 0 radical (unpaired) electrons. The van der Waals surface area contributed by atoms with Crippen LogP contribution in [0, 0.1) is 0 Å². The number of fused-ring (bicyclic) bond motifs is 1. The van der Waals surface area contributed by atoms with E-state index in [-0.39, 0.29) is 18.9 Å². The van der Waals surface area contributed by atoms with Gasteiger partial charge in [-0.3, -0.25) is 9.69 Å². The summed E-state index contributed by atoms with van der Waals surface area (Å²) >= 11 is 0. The average Bonchev–Trinajstić information content (AvgIpc) is 2.80. The van der Waals surface area contributed by atoms with E-state index in [4.69, 9.17) is 4.42 Å². The van der Waals surface area contributed by atoms with E-state index >= 15 is 0 Å². The van der Waals surface area contributed by atoms with Crippen molar-refractivity contribution in [2.75, 3.05) is 19.6 Å².